The fraction of sp³-hybridized carbons (Fsp3) is 0.667. The second kappa shape index (κ2) is 6.73. The number of nitrogens with zero attached hydrogens (tertiary/aromatic N) is 1. The summed E-state index contributed by atoms with van der Waals surface area (Å²) in [5, 5.41) is 0. The summed E-state index contributed by atoms with van der Waals surface area (Å²) in [5.41, 5.74) is 7.89. The van der Waals surface area contributed by atoms with E-state index in [9.17, 15) is 0 Å². The topological polar surface area (TPSA) is 29.3 Å². The van der Waals surface area contributed by atoms with Gasteiger partial charge in [0.1, 0.15) is 0 Å². The molecular formula is C18H30N2. The van der Waals surface area contributed by atoms with Gasteiger partial charge in [-0.05, 0) is 50.1 Å². The van der Waals surface area contributed by atoms with E-state index in [0.717, 1.165) is 19.0 Å². The molecule has 0 unspecified atom stereocenters. The highest BCUT2D eigenvalue weighted by molar-refractivity contribution is 5.20. The second-order valence-corrected chi connectivity index (χ2v) is 6.89. The van der Waals surface area contributed by atoms with Crippen molar-refractivity contribution in [3.05, 3.63) is 35.9 Å². The van der Waals surface area contributed by atoms with Crippen molar-refractivity contribution in [2.24, 2.45) is 11.7 Å². The lowest BCUT2D eigenvalue weighted by Crippen LogP contribution is -2.54. The van der Waals surface area contributed by atoms with Crippen LogP contribution in [0.25, 0.3) is 0 Å². The smallest absolute Gasteiger partial charge is 0.0329 e. The zero-order valence-corrected chi connectivity index (χ0v) is 13.3. The standard InChI is InChI=1S/C18H30N2/c1-15(2)13-20(3)18(14-19)11-9-17(10-12-18)16-7-5-4-6-8-16/h4-8,15,17H,9-14,19H2,1-3H3. The first kappa shape index (κ1) is 15.5. The molecule has 0 heterocycles. The number of likely N-dealkylation sites (N-methyl/N-ethyl adjacent to an activating group) is 1. The lowest BCUT2D eigenvalue weighted by atomic mass is 9.73. The van der Waals surface area contributed by atoms with Crippen LogP contribution in [0.5, 0.6) is 0 Å². The van der Waals surface area contributed by atoms with Gasteiger partial charge in [-0.15, -0.1) is 0 Å². The molecule has 0 saturated heterocycles. The molecule has 2 rings (SSSR count). The van der Waals surface area contributed by atoms with E-state index in [0.29, 0.717) is 5.92 Å². The van der Waals surface area contributed by atoms with E-state index in [1.54, 1.807) is 0 Å². The number of benzene rings is 1. The second-order valence-electron chi connectivity index (χ2n) is 6.89. The Bertz CT molecular complexity index is 391. The van der Waals surface area contributed by atoms with Crippen LogP contribution in [-0.4, -0.2) is 30.6 Å². The van der Waals surface area contributed by atoms with E-state index >= 15 is 0 Å². The van der Waals surface area contributed by atoms with E-state index in [2.05, 4.69) is 56.1 Å². The number of hydrogen-bond acceptors (Lipinski definition) is 2. The van der Waals surface area contributed by atoms with Crippen LogP contribution in [0.15, 0.2) is 30.3 Å². The van der Waals surface area contributed by atoms with Gasteiger partial charge in [0, 0.05) is 18.6 Å². The molecule has 0 spiro atoms. The molecule has 1 saturated carbocycles. The summed E-state index contributed by atoms with van der Waals surface area (Å²) >= 11 is 0. The molecule has 2 N–H and O–H groups in total. The molecule has 2 heteroatoms. The molecule has 20 heavy (non-hydrogen) atoms. The van der Waals surface area contributed by atoms with Crippen molar-refractivity contribution in [3.8, 4) is 0 Å². The summed E-state index contributed by atoms with van der Waals surface area (Å²) in [7, 11) is 2.26. The zero-order chi connectivity index (χ0) is 14.6. The molecule has 0 atom stereocenters. The molecule has 0 aromatic heterocycles. The molecular weight excluding hydrogens is 244 g/mol. The lowest BCUT2D eigenvalue weighted by molar-refractivity contribution is 0.0661. The van der Waals surface area contributed by atoms with Gasteiger partial charge in [0.15, 0.2) is 0 Å². The first-order valence-electron chi connectivity index (χ1n) is 8.03. The third-order valence-electron chi connectivity index (χ3n) is 5.02. The Morgan fingerprint density at radius 1 is 1.20 bits per heavy atom. The quantitative estimate of drug-likeness (QED) is 0.888. The summed E-state index contributed by atoms with van der Waals surface area (Å²) in [6.45, 7) is 6.51. The minimum Gasteiger partial charge on any atom is -0.329 e. The van der Waals surface area contributed by atoms with Crippen molar-refractivity contribution in [2.75, 3.05) is 20.1 Å². The van der Waals surface area contributed by atoms with Gasteiger partial charge in [-0.25, -0.2) is 0 Å². The van der Waals surface area contributed by atoms with Crippen molar-refractivity contribution < 1.29 is 0 Å². The van der Waals surface area contributed by atoms with Crippen LogP contribution in [0.4, 0.5) is 0 Å². The number of rotatable bonds is 5. The molecule has 1 aliphatic rings. The maximum atomic E-state index is 6.16. The van der Waals surface area contributed by atoms with Crippen LogP contribution in [0.1, 0.15) is 51.0 Å². The summed E-state index contributed by atoms with van der Waals surface area (Å²) in [6.07, 6.45) is 4.99. The predicted octanol–water partition coefficient (Wildman–Crippen LogP) is 3.63. The number of hydrogen-bond donors (Lipinski definition) is 1. The van der Waals surface area contributed by atoms with Gasteiger partial charge in [-0.3, -0.25) is 4.90 Å². The average molecular weight is 274 g/mol. The van der Waals surface area contributed by atoms with Crippen LogP contribution in [0.3, 0.4) is 0 Å². The first-order chi connectivity index (χ1) is 9.57. The van der Waals surface area contributed by atoms with E-state index in [1.807, 2.05) is 0 Å². The van der Waals surface area contributed by atoms with E-state index in [-0.39, 0.29) is 5.54 Å². The summed E-state index contributed by atoms with van der Waals surface area (Å²) in [5.74, 6) is 1.43. The Balaban J connectivity index is 2.00. The summed E-state index contributed by atoms with van der Waals surface area (Å²) < 4.78 is 0. The Labute approximate surface area is 124 Å². The molecule has 1 aliphatic carbocycles. The first-order valence-corrected chi connectivity index (χ1v) is 8.03. The van der Waals surface area contributed by atoms with Crippen LogP contribution in [0.2, 0.25) is 0 Å². The van der Waals surface area contributed by atoms with Crippen molar-refractivity contribution >= 4 is 0 Å². The van der Waals surface area contributed by atoms with Crippen LogP contribution < -0.4 is 5.73 Å². The molecule has 1 aromatic rings. The Morgan fingerprint density at radius 3 is 2.30 bits per heavy atom. The highest BCUT2D eigenvalue weighted by Crippen LogP contribution is 2.40. The van der Waals surface area contributed by atoms with E-state index in [4.69, 9.17) is 5.73 Å². The van der Waals surface area contributed by atoms with Crippen molar-refractivity contribution in [3.63, 3.8) is 0 Å². The summed E-state index contributed by atoms with van der Waals surface area (Å²) in [6, 6.07) is 11.0. The third kappa shape index (κ3) is 3.42. The molecule has 2 nitrogen and oxygen atoms in total. The van der Waals surface area contributed by atoms with Gasteiger partial charge >= 0.3 is 0 Å². The maximum Gasteiger partial charge on any atom is 0.0329 e. The fourth-order valence-electron chi connectivity index (χ4n) is 3.70. The van der Waals surface area contributed by atoms with Crippen LogP contribution in [0, 0.1) is 5.92 Å². The van der Waals surface area contributed by atoms with Crippen LogP contribution in [-0.2, 0) is 0 Å². The van der Waals surface area contributed by atoms with E-state index in [1.165, 1.54) is 31.2 Å². The molecule has 1 fully saturated rings. The highest BCUT2D eigenvalue weighted by atomic mass is 15.2. The largest absolute Gasteiger partial charge is 0.329 e. The number of nitrogens with two attached hydrogens (primary N) is 1. The van der Waals surface area contributed by atoms with Gasteiger partial charge in [0.05, 0.1) is 0 Å². The zero-order valence-electron chi connectivity index (χ0n) is 13.3. The lowest BCUT2D eigenvalue weighted by Gasteiger charge is -2.46. The summed E-state index contributed by atoms with van der Waals surface area (Å²) in [4.78, 5) is 2.53. The minimum absolute atomic E-state index is 0.232. The predicted molar refractivity (Wildman–Crippen MR) is 86.9 cm³/mol. The minimum atomic E-state index is 0.232. The molecule has 112 valence electrons. The molecule has 1 aromatic carbocycles. The molecule has 0 amide bonds. The SMILES string of the molecule is CC(C)CN(C)C1(CN)CCC(c2ccccc2)CC1. The normalized spacial score (nSPS) is 27.2. The van der Waals surface area contributed by atoms with Gasteiger partial charge in [-0.1, -0.05) is 44.2 Å². The Kier molecular flexibility index (Phi) is 5.22. The molecule has 0 aliphatic heterocycles. The maximum absolute atomic E-state index is 6.16. The van der Waals surface area contributed by atoms with Gasteiger partial charge < -0.3 is 5.73 Å². The van der Waals surface area contributed by atoms with Crippen LogP contribution >= 0.6 is 0 Å². The van der Waals surface area contributed by atoms with E-state index < -0.39 is 0 Å². The van der Waals surface area contributed by atoms with Gasteiger partial charge in [-0.2, -0.15) is 0 Å². The van der Waals surface area contributed by atoms with Crippen molar-refractivity contribution in [1.82, 2.24) is 4.90 Å². The van der Waals surface area contributed by atoms with Gasteiger partial charge in [0.25, 0.3) is 0 Å². The third-order valence-corrected chi connectivity index (χ3v) is 5.02. The molecule has 0 bridgehead atoms. The van der Waals surface area contributed by atoms with Crippen molar-refractivity contribution in [1.29, 1.82) is 0 Å². The molecule has 0 radical (unpaired) electrons. The highest BCUT2D eigenvalue weighted by Gasteiger charge is 2.37. The Morgan fingerprint density at radius 2 is 1.80 bits per heavy atom. The monoisotopic (exact) mass is 274 g/mol. The Hall–Kier alpha value is -0.860. The van der Waals surface area contributed by atoms with Gasteiger partial charge in [0.2, 0.25) is 0 Å². The average Bonchev–Trinajstić information content (AvgIpc) is 2.47. The fourth-order valence-corrected chi connectivity index (χ4v) is 3.70. The van der Waals surface area contributed by atoms with Crippen molar-refractivity contribution in [2.45, 2.75) is 51.0 Å².